The number of hydrogen-bond acceptors (Lipinski definition) is 7. The first kappa shape index (κ1) is 20.5. The summed E-state index contributed by atoms with van der Waals surface area (Å²) >= 11 is 1.31. The highest BCUT2D eigenvalue weighted by molar-refractivity contribution is 7.99. The molecule has 0 atom stereocenters. The Morgan fingerprint density at radius 3 is 2.17 bits per heavy atom. The van der Waals surface area contributed by atoms with Crippen molar-refractivity contribution in [3.63, 3.8) is 0 Å². The number of ether oxygens (including phenoxy) is 3. The molecule has 0 fully saturated rings. The summed E-state index contributed by atoms with van der Waals surface area (Å²) in [5, 5.41) is 11.8. The number of nitrogens with zero attached hydrogens (tertiary/aromatic N) is 3. The molecule has 1 heterocycles. The molecule has 0 radical (unpaired) electrons. The fourth-order valence-electron chi connectivity index (χ4n) is 2.42. The molecule has 0 bridgehead atoms. The lowest BCUT2D eigenvalue weighted by atomic mass is 10.3. The fraction of sp³-hybridized carbons (Fsp3) is 0.250. The van der Waals surface area contributed by atoms with E-state index in [1.165, 1.54) is 11.8 Å². The second kappa shape index (κ2) is 9.83. The van der Waals surface area contributed by atoms with Crippen LogP contribution in [0.5, 0.6) is 17.2 Å². The summed E-state index contributed by atoms with van der Waals surface area (Å²) in [7, 11) is 5.06. The van der Waals surface area contributed by atoms with E-state index in [1.54, 1.807) is 38.5 Å². The predicted octanol–water partition coefficient (Wildman–Crippen LogP) is 3.14. The van der Waals surface area contributed by atoms with Gasteiger partial charge in [-0.05, 0) is 48.5 Å². The molecule has 0 aliphatic carbocycles. The van der Waals surface area contributed by atoms with E-state index in [1.807, 2.05) is 35.9 Å². The molecule has 0 unspecified atom stereocenters. The highest BCUT2D eigenvalue weighted by atomic mass is 32.2. The summed E-state index contributed by atoms with van der Waals surface area (Å²) in [6.45, 7) is 0.272. The number of amides is 1. The minimum Gasteiger partial charge on any atom is -0.497 e. The van der Waals surface area contributed by atoms with Crippen molar-refractivity contribution in [2.75, 3.05) is 25.3 Å². The van der Waals surface area contributed by atoms with E-state index in [0.717, 1.165) is 11.5 Å². The Labute approximate surface area is 173 Å². The average Bonchev–Trinajstić information content (AvgIpc) is 3.11. The predicted molar refractivity (Wildman–Crippen MR) is 111 cm³/mol. The molecule has 0 saturated carbocycles. The van der Waals surface area contributed by atoms with E-state index in [9.17, 15) is 4.79 Å². The first-order valence-electron chi connectivity index (χ1n) is 8.81. The number of carbonyl (C=O) groups is 1. The smallest absolute Gasteiger partial charge is 0.234 e. The lowest BCUT2D eigenvalue weighted by Gasteiger charge is -2.08. The number of methoxy groups -OCH3 is 2. The standard InChI is InChI=1S/C20H22N4O4S/c1-24-18(12-28-17-10-8-16(27-3)9-11-17)22-23-20(24)29-13-19(25)21-14-4-6-15(26-2)7-5-14/h4-11H,12-13H2,1-3H3,(H,21,25). The van der Waals surface area contributed by atoms with Crippen LogP contribution in [0, 0.1) is 0 Å². The molecule has 3 aromatic rings. The number of rotatable bonds is 9. The molecule has 3 rings (SSSR count). The van der Waals surface area contributed by atoms with E-state index in [0.29, 0.717) is 22.4 Å². The lowest BCUT2D eigenvalue weighted by molar-refractivity contribution is -0.113. The highest BCUT2D eigenvalue weighted by Crippen LogP contribution is 2.20. The fourth-order valence-corrected chi connectivity index (χ4v) is 3.15. The minimum atomic E-state index is -0.126. The third-order valence-corrected chi connectivity index (χ3v) is 5.08. The van der Waals surface area contributed by atoms with Crippen molar-refractivity contribution in [1.82, 2.24) is 14.8 Å². The van der Waals surface area contributed by atoms with Gasteiger partial charge in [-0.3, -0.25) is 4.79 Å². The lowest BCUT2D eigenvalue weighted by Crippen LogP contribution is -2.14. The highest BCUT2D eigenvalue weighted by Gasteiger charge is 2.12. The molecular weight excluding hydrogens is 392 g/mol. The maximum Gasteiger partial charge on any atom is 0.234 e. The van der Waals surface area contributed by atoms with E-state index in [-0.39, 0.29) is 18.3 Å². The van der Waals surface area contributed by atoms with Crippen molar-refractivity contribution in [2.24, 2.45) is 7.05 Å². The van der Waals surface area contributed by atoms with Crippen LogP contribution in [0.2, 0.25) is 0 Å². The quantitative estimate of drug-likeness (QED) is 0.538. The number of nitrogens with one attached hydrogen (secondary N) is 1. The number of carbonyl (C=O) groups excluding carboxylic acids is 1. The Kier molecular flexibility index (Phi) is 6.96. The first-order chi connectivity index (χ1) is 14.1. The Balaban J connectivity index is 1.49. The Hall–Kier alpha value is -3.20. The summed E-state index contributed by atoms with van der Waals surface area (Å²) in [6, 6.07) is 14.5. The molecule has 0 aliphatic rings. The Morgan fingerprint density at radius 2 is 1.55 bits per heavy atom. The molecule has 29 heavy (non-hydrogen) atoms. The van der Waals surface area contributed by atoms with Crippen LogP contribution >= 0.6 is 11.8 Å². The monoisotopic (exact) mass is 414 g/mol. The van der Waals surface area contributed by atoms with Crippen molar-refractivity contribution in [3.05, 3.63) is 54.4 Å². The van der Waals surface area contributed by atoms with E-state index in [4.69, 9.17) is 14.2 Å². The van der Waals surface area contributed by atoms with Gasteiger partial charge in [-0.2, -0.15) is 0 Å². The molecule has 152 valence electrons. The number of aromatic nitrogens is 3. The third kappa shape index (κ3) is 5.64. The minimum absolute atomic E-state index is 0.126. The molecule has 1 N–H and O–H groups in total. The van der Waals surface area contributed by atoms with Gasteiger partial charge in [0, 0.05) is 12.7 Å². The van der Waals surface area contributed by atoms with Crippen LogP contribution in [0.3, 0.4) is 0 Å². The van der Waals surface area contributed by atoms with Crippen molar-refractivity contribution in [3.8, 4) is 17.2 Å². The molecule has 0 spiro atoms. The zero-order chi connectivity index (χ0) is 20.6. The van der Waals surface area contributed by atoms with Gasteiger partial charge in [0.05, 0.1) is 20.0 Å². The van der Waals surface area contributed by atoms with Crippen LogP contribution < -0.4 is 19.5 Å². The van der Waals surface area contributed by atoms with Gasteiger partial charge in [-0.15, -0.1) is 10.2 Å². The molecule has 1 amide bonds. The van der Waals surface area contributed by atoms with Crippen molar-refractivity contribution in [2.45, 2.75) is 11.8 Å². The molecule has 1 aromatic heterocycles. The van der Waals surface area contributed by atoms with Gasteiger partial charge in [-0.25, -0.2) is 0 Å². The van der Waals surface area contributed by atoms with Crippen molar-refractivity contribution < 1.29 is 19.0 Å². The van der Waals surface area contributed by atoms with Crippen molar-refractivity contribution in [1.29, 1.82) is 0 Å². The number of anilines is 1. The van der Waals surface area contributed by atoms with Gasteiger partial charge in [0.2, 0.25) is 5.91 Å². The zero-order valence-electron chi connectivity index (χ0n) is 16.4. The Bertz CT molecular complexity index is 942. The summed E-state index contributed by atoms with van der Waals surface area (Å²) in [5.41, 5.74) is 0.711. The molecule has 0 aliphatic heterocycles. The van der Waals surface area contributed by atoms with E-state index in [2.05, 4.69) is 15.5 Å². The number of benzene rings is 2. The third-order valence-electron chi connectivity index (χ3n) is 4.06. The molecule has 0 saturated heterocycles. The van der Waals surface area contributed by atoms with Gasteiger partial charge in [0.25, 0.3) is 0 Å². The van der Waals surface area contributed by atoms with E-state index < -0.39 is 0 Å². The van der Waals surface area contributed by atoms with Gasteiger partial charge in [0.1, 0.15) is 23.9 Å². The second-order valence-electron chi connectivity index (χ2n) is 5.99. The van der Waals surface area contributed by atoms with Crippen LogP contribution in [0.15, 0.2) is 53.7 Å². The maximum absolute atomic E-state index is 12.2. The largest absolute Gasteiger partial charge is 0.497 e. The van der Waals surface area contributed by atoms with Crippen LogP contribution in [0.4, 0.5) is 5.69 Å². The summed E-state index contributed by atoms with van der Waals surface area (Å²) in [6.07, 6.45) is 0. The Morgan fingerprint density at radius 1 is 0.966 bits per heavy atom. The second-order valence-corrected chi connectivity index (χ2v) is 6.93. The first-order valence-corrected chi connectivity index (χ1v) is 9.79. The van der Waals surface area contributed by atoms with Crippen LogP contribution in [-0.2, 0) is 18.4 Å². The van der Waals surface area contributed by atoms with E-state index >= 15 is 0 Å². The molecule has 8 nitrogen and oxygen atoms in total. The average molecular weight is 414 g/mol. The molecular formula is C20H22N4O4S. The van der Waals surface area contributed by atoms with Gasteiger partial charge in [0.15, 0.2) is 11.0 Å². The summed E-state index contributed by atoms with van der Waals surface area (Å²) < 4.78 is 17.8. The van der Waals surface area contributed by atoms with Crippen LogP contribution in [-0.4, -0.2) is 40.6 Å². The van der Waals surface area contributed by atoms with Crippen LogP contribution in [0.1, 0.15) is 5.82 Å². The summed E-state index contributed by atoms with van der Waals surface area (Å²) in [5.74, 6) is 2.97. The van der Waals surface area contributed by atoms with Crippen LogP contribution in [0.25, 0.3) is 0 Å². The number of thioether (sulfide) groups is 1. The normalized spacial score (nSPS) is 10.4. The van der Waals surface area contributed by atoms with Gasteiger partial charge < -0.3 is 24.1 Å². The van der Waals surface area contributed by atoms with Gasteiger partial charge in [-0.1, -0.05) is 11.8 Å². The van der Waals surface area contributed by atoms with Gasteiger partial charge >= 0.3 is 0 Å². The molecule has 2 aromatic carbocycles. The topological polar surface area (TPSA) is 87.5 Å². The van der Waals surface area contributed by atoms with Crippen molar-refractivity contribution >= 4 is 23.4 Å². The molecule has 9 heteroatoms. The maximum atomic E-state index is 12.2. The summed E-state index contributed by atoms with van der Waals surface area (Å²) in [4.78, 5) is 12.2. The number of hydrogen-bond donors (Lipinski definition) is 1. The zero-order valence-corrected chi connectivity index (χ0v) is 17.2. The SMILES string of the molecule is COc1ccc(NC(=O)CSc2nnc(COc3ccc(OC)cc3)n2C)cc1.